The standard InChI is InChI=1S/C4H6O2.C3H3N/c1-3-4(5)6-2;1-2-3-4/h3H,1H2,2H3;2H,1H2. The minimum Gasteiger partial charge on any atom is -0.466 e. The van der Waals surface area contributed by atoms with Gasteiger partial charge in [-0.2, -0.15) is 5.26 Å². The summed E-state index contributed by atoms with van der Waals surface area (Å²) in [6.45, 7) is 6.27. The first-order chi connectivity index (χ1) is 4.72. The van der Waals surface area contributed by atoms with E-state index in [1.807, 2.05) is 0 Å². The molecule has 0 atom stereocenters. The molecule has 0 saturated heterocycles. The van der Waals surface area contributed by atoms with Crippen LogP contribution in [-0.4, -0.2) is 13.1 Å². The molecule has 0 saturated carbocycles. The summed E-state index contributed by atoms with van der Waals surface area (Å²) in [4.78, 5) is 9.84. The molecule has 10 heavy (non-hydrogen) atoms. The van der Waals surface area contributed by atoms with E-state index in [4.69, 9.17) is 5.26 Å². The first-order valence-corrected chi connectivity index (χ1v) is 2.43. The molecular formula is C7H9NO2. The van der Waals surface area contributed by atoms with Crippen LogP contribution in [0.4, 0.5) is 0 Å². The summed E-state index contributed by atoms with van der Waals surface area (Å²) < 4.78 is 4.14. The molecule has 0 aliphatic carbocycles. The lowest BCUT2D eigenvalue weighted by atomic mass is 10.7. The van der Waals surface area contributed by atoms with Crippen LogP contribution in [0.3, 0.4) is 0 Å². The van der Waals surface area contributed by atoms with Crippen molar-refractivity contribution in [2.45, 2.75) is 0 Å². The fourth-order valence-electron chi connectivity index (χ4n) is 0.0833. The quantitative estimate of drug-likeness (QED) is 0.310. The number of hydrogen-bond acceptors (Lipinski definition) is 3. The van der Waals surface area contributed by atoms with Crippen molar-refractivity contribution in [3.8, 4) is 6.07 Å². The van der Waals surface area contributed by atoms with Crippen LogP contribution in [0.1, 0.15) is 0 Å². The lowest BCUT2D eigenvalue weighted by Crippen LogP contribution is -1.91. The van der Waals surface area contributed by atoms with Gasteiger partial charge in [0, 0.05) is 12.2 Å². The van der Waals surface area contributed by atoms with Crippen LogP contribution in [0.15, 0.2) is 25.3 Å². The minimum atomic E-state index is -0.394. The molecule has 0 aromatic carbocycles. The molecule has 0 unspecified atom stereocenters. The molecule has 0 bridgehead atoms. The van der Waals surface area contributed by atoms with E-state index in [0.717, 1.165) is 6.08 Å². The van der Waals surface area contributed by atoms with Crippen molar-refractivity contribution in [2.24, 2.45) is 0 Å². The van der Waals surface area contributed by atoms with Crippen LogP contribution >= 0.6 is 0 Å². The summed E-state index contributed by atoms with van der Waals surface area (Å²) in [5, 5.41) is 7.51. The first kappa shape index (κ1) is 11.3. The summed E-state index contributed by atoms with van der Waals surface area (Å²) in [6, 6.07) is 1.69. The number of carbonyl (C=O) groups is 1. The Bertz CT molecular complexity index is 155. The van der Waals surface area contributed by atoms with Gasteiger partial charge in [0.2, 0.25) is 0 Å². The monoisotopic (exact) mass is 139 g/mol. The molecule has 0 radical (unpaired) electrons. The largest absolute Gasteiger partial charge is 0.466 e. The van der Waals surface area contributed by atoms with Crippen LogP contribution in [0, 0.1) is 11.3 Å². The topological polar surface area (TPSA) is 50.1 Å². The van der Waals surface area contributed by atoms with E-state index in [1.54, 1.807) is 6.07 Å². The maximum absolute atomic E-state index is 9.84. The van der Waals surface area contributed by atoms with E-state index in [9.17, 15) is 4.79 Å². The summed E-state index contributed by atoms with van der Waals surface area (Å²) in [7, 11) is 1.31. The predicted molar refractivity (Wildman–Crippen MR) is 38.0 cm³/mol. The zero-order chi connectivity index (χ0) is 8.41. The highest BCUT2D eigenvalue weighted by Gasteiger charge is 1.81. The lowest BCUT2D eigenvalue weighted by molar-refractivity contribution is -0.134. The number of hydrogen-bond donors (Lipinski definition) is 0. The van der Waals surface area contributed by atoms with Crippen molar-refractivity contribution >= 4 is 5.97 Å². The average molecular weight is 139 g/mol. The Morgan fingerprint density at radius 3 is 2.10 bits per heavy atom. The zero-order valence-corrected chi connectivity index (χ0v) is 5.83. The summed E-state index contributed by atoms with van der Waals surface area (Å²) in [5.74, 6) is -0.394. The number of carbonyl (C=O) groups excluding carboxylic acids is 1. The van der Waals surface area contributed by atoms with Gasteiger partial charge in [-0.3, -0.25) is 0 Å². The highest BCUT2D eigenvalue weighted by molar-refractivity contribution is 5.80. The van der Waals surface area contributed by atoms with Gasteiger partial charge < -0.3 is 4.74 Å². The van der Waals surface area contributed by atoms with E-state index in [2.05, 4.69) is 17.9 Å². The minimum absolute atomic E-state index is 0.394. The SMILES string of the molecule is C=CC#N.C=CC(=O)OC. The van der Waals surface area contributed by atoms with Crippen LogP contribution in [0.2, 0.25) is 0 Å². The third-order valence-electron chi connectivity index (χ3n) is 0.459. The molecule has 0 aliphatic rings. The van der Waals surface area contributed by atoms with Crippen molar-refractivity contribution in [3.63, 3.8) is 0 Å². The van der Waals surface area contributed by atoms with Gasteiger partial charge in [0.1, 0.15) is 0 Å². The Hall–Kier alpha value is -1.56. The highest BCUT2D eigenvalue weighted by Crippen LogP contribution is 1.67. The van der Waals surface area contributed by atoms with Crippen molar-refractivity contribution in [1.82, 2.24) is 0 Å². The Kier molecular flexibility index (Phi) is 11.7. The van der Waals surface area contributed by atoms with Gasteiger partial charge >= 0.3 is 5.97 Å². The first-order valence-electron chi connectivity index (χ1n) is 2.43. The van der Waals surface area contributed by atoms with E-state index in [1.165, 1.54) is 13.2 Å². The molecular weight excluding hydrogens is 130 g/mol. The van der Waals surface area contributed by atoms with Crippen molar-refractivity contribution in [3.05, 3.63) is 25.3 Å². The molecule has 0 N–H and O–H groups in total. The van der Waals surface area contributed by atoms with Gasteiger partial charge in [0.15, 0.2) is 0 Å². The average Bonchev–Trinajstić information content (AvgIpc) is 2.03. The summed E-state index contributed by atoms with van der Waals surface area (Å²) in [6.07, 6.45) is 2.29. The van der Waals surface area contributed by atoms with Gasteiger partial charge in [-0.05, 0) is 0 Å². The maximum atomic E-state index is 9.84. The number of ether oxygens (including phenoxy) is 1. The van der Waals surface area contributed by atoms with Crippen molar-refractivity contribution in [2.75, 3.05) is 7.11 Å². The van der Waals surface area contributed by atoms with Crippen LogP contribution in [0.25, 0.3) is 0 Å². The number of allylic oxidation sites excluding steroid dienone is 1. The fraction of sp³-hybridized carbons (Fsp3) is 0.143. The molecule has 3 heteroatoms. The number of esters is 1. The van der Waals surface area contributed by atoms with Gasteiger partial charge in [-0.1, -0.05) is 13.2 Å². The fourth-order valence-corrected chi connectivity index (χ4v) is 0.0833. The lowest BCUT2D eigenvalue weighted by Gasteiger charge is -1.83. The third kappa shape index (κ3) is 16.1. The second kappa shape index (κ2) is 10.4. The van der Waals surface area contributed by atoms with Crippen LogP contribution in [0.5, 0.6) is 0 Å². The number of rotatable bonds is 1. The van der Waals surface area contributed by atoms with Gasteiger partial charge in [-0.15, -0.1) is 0 Å². The van der Waals surface area contributed by atoms with Crippen LogP contribution < -0.4 is 0 Å². The van der Waals surface area contributed by atoms with E-state index < -0.39 is 5.97 Å². The molecule has 0 aromatic heterocycles. The van der Waals surface area contributed by atoms with E-state index in [-0.39, 0.29) is 0 Å². The molecule has 0 fully saturated rings. The number of methoxy groups -OCH3 is 1. The molecule has 0 heterocycles. The highest BCUT2D eigenvalue weighted by atomic mass is 16.5. The predicted octanol–water partition coefficient (Wildman–Crippen LogP) is 1.04. The normalized spacial score (nSPS) is 5.60. The van der Waals surface area contributed by atoms with Gasteiger partial charge in [0.05, 0.1) is 13.2 Å². The number of nitrogens with zero attached hydrogens (tertiary/aromatic N) is 1. The van der Waals surface area contributed by atoms with Gasteiger partial charge in [0.25, 0.3) is 0 Å². The summed E-state index contributed by atoms with van der Waals surface area (Å²) >= 11 is 0. The van der Waals surface area contributed by atoms with E-state index in [0.29, 0.717) is 0 Å². The van der Waals surface area contributed by atoms with Crippen molar-refractivity contribution in [1.29, 1.82) is 5.26 Å². The summed E-state index contributed by atoms with van der Waals surface area (Å²) in [5.41, 5.74) is 0. The molecule has 54 valence electrons. The molecule has 0 aliphatic heterocycles. The molecule has 0 rings (SSSR count). The smallest absolute Gasteiger partial charge is 0.329 e. The molecule has 0 amide bonds. The molecule has 0 spiro atoms. The van der Waals surface area contributed by atoms with E-state index >= 15 is 0 Å². The Balaban J connectivity index is 0. The second-order valence-corrected chi connectivity index (χ2v) is 1.06. The Labute approximate surface area is 60.2 Å². The number of nitriles is 1. The molecule has 0 aromatic rings. The third-order valence-corrected chi connectivity index (χ3v) is 0.459. The second-order valence-electron chi connectivity index (χ2n) is 1.06. The van der Waals surface area contributed by atoms with Crippen LogP contribution in [-0.2, 0) is 9.53 Å². The van der Waals surface area contributed by atoms with Gasteiger partial charge in [-0.25, -0.2) is 4.79 Å². The molecule has 3 nitrogen and oxygen atoms in total. The van der Waals surface area contributed by atoms with Crippen molar-refractivity contribution < 1.29 is 9.53 Å². The Morgan fingerprint density at radius 2 is 2.10 bits per heavy atom. The zero-order valence-electron chi connectivity index (χ0n) is 5.83. The maximum Gasteiger partial charge on any atom is 0.329 e. The Morgan fingerprint density at radius 1 is 1.70 bits per heavy atom.